The summed E-state index contributed by atoms with van der Waals surface area (Å²) in [6.45, 7) is 11.3. The molecule has 1 fully saturated rings. The molecule has 1 aliphatic rings. The SMILES string of the molecule is CCC(CC)N(CC(C)C)C(CN)C1CCSC1. The van der Waals surface area contributed by atoms with Crippen LogP contribution in [0.25, 0.3) is 0 Å². The topological polar surface area (TPSA) is 29.3 Å². The molecule has 0 radical (unpaired) electrons. The van der Waals surface area contributed by atoms with Crippen LogP contribution in [-0.2, 0) is 0 Å². The van der Waals surface area contributed by atoms with Gasteiger partial charge in [-0.15, -0.1) is 0 Å². The van der Waals surface area contributed by atoms with E-state index in [0.29, 0.717) is 12.1 Å². The maximum absolute atomic E-state index is 6.13. The van der Waals surface area contributed by atoms with Crippen LogP contribution in [0.15, 0.2) is 0 Å². The van der Waals surface area contributed by atoms with Crippen molar-refractivity contribution in [3.8, 4) is 0 Å². The second kappa shape index (κ2) is 8.44. The smallest absolute Gasteiger partial charge is 0.0257 e. The van der Waals surface area contributed by atoms with E-state index in [4.69, 9.17) is 5.73 Å². The van der Waals surface area contributed by atoms with Crippen LogP contribution in [-0.4, -0.2) is 41.6 Å². The Morgan fingerprint density at radius 3 is 2.33 bits per heavy atom. The maximum atomic E-state index is 6.13. The zero-order valence-corrected chi connectivity index (χ0v) is 13.5. The van der Waals surface area contributed by atoms with Crippen molar-refractivity contribution in [1.29, 1.82) is 0 Å². The second-order valence-electron chi connectivity index (χ2n) is 5.99. The van der Waals surface area contributed by atoms with Crippen molar-refractivity contribution in [1.82, 2.24) is 4.90 Å². The maximum Gasteiger partial charge on any atom is 0.0257 e. The molecule has 1 rings (SSSR count). The van der Waals surface area contributed by atoms with E-state index in [2.05, 4.69) is 44.4 Å². The number of hydrogen-bond donors (Lipinski definition) is 1. The van der Waals surface area contributed by atoms with Gasteiger partial charge in [-0.1, -0.05) is 27.7 Å². The predicted octanol–water partition coefficient (Wildman–Crippen LogP) is 3.21. The molecule has 2 N–H and O–H groups in total. The lowest BCUT2D eigenvalue weighted by molar-refractivity contribution is 0.0829. The first kappa shape index (κ1) is 16.3. The average Bonchev–Trinajstić information content (AvgIpc) is 2.84. The molecule has 3 heteroatoms. The van der Waals surface area contributed by atoms with E-state index in [1.165, 1.54) is 37.3 Å². The fraction of sp³-hybridized carbons (Fsp3) is 1.00. The Kier molecular flexibility index (Phi) is 7.66. The van der Waals surface area contributed by atoms with Gasteiger partial charge in [0.05, 0.1) is 0 Å². The summed E-state index contributed by atoms with van der Waals surface area (Å²) in [6, 6.07) is 1.32. The van der Waals surface area contributed by atoms with E-state index in [-0.39, 0.29) is 0 Å². The first-order valence-electron chi connectivity index (χ1n) is 7.67. The summed E-state index contributed by atoms with van der Waals surface area (Å²) in [6.07, 6.45) is 3.86. The lowest BCUT2D eigenvalue weighted by Crippen LogP contribution is -2.51. The summed E-state index contributed by atoms with van der Waals surface area (Å²) >= 11 is 2.11. The molecule has 0 aromatic heterocycles. The summed E-state index contributed by atoms with van der Waals surface area (Å²) in [5.41, 5.74) is 6.13. The average molecular weight is 273 g/mol. The third-order valence-corrected chi connectivity index (χ3v) is 5.35. The van der Waals surface area contributed by atoms with Gasteiger partial charge in [0.1, 0.15) is 0 Å². The van der Waals surface area contributed by atoms with Gasteiger partial charge in [-0.25, -0.2) is 0 Å². The van der Waals surface area contributed by atoms with E-state index >= 15 is 0 Å². The van der Waals surface area contributed by atoms with Crippen LogP contribution < -0.4 is 5.73 Å². The predicted molar refractivity (Wildman–Crippen MR) is 84.2 cm³/mol. The number of nitrogens with two attached hydrogens (primary N) is 1. The molecular formula is C15H32N2S. The quantitative estimate of drug-likeness (QED) is 0.736. The summed E-state index contributed by atoms with van der Waals surface area (Å²) in [5.74, 6) is 4.20. The molecule has 0 amide bonds. The first-order chi connectivity index (χ1) is 8.63. The Bertz CT molecular complexity index is 211. The molecule has 0 saturated carbocycles. The van der Waals surface area contributed by atoms with E-state index < -0.39 is 0 Å². The minimum absolute atomic E-state index is 0.604. The lowest BCUT2D eigenvalue weighted by Gasteiger charge is -2.41. The van der Waals surface area contributed by atoms with Crippen LogP contribution in [0.3, 0.4) is 0 Å². The van der Waals surface area contributed by atoms with Crippen molar-refractivity contribution >= 4 is 11.8 Å². The van der Waals surface area contributed by atoms with Gasteiger partial charge >= 0.3 is 0 Å². The molecule has 0 spiro atoms. The van der Waals surface area contributed by atoms with Gasteiger partial charge in [-0.2, -0.15) is 11.8 Å². The molecule has 2 unspecified atom stereocenters. The van der Waals surface area contributed by atoms with Gasteiger partial charge in [0, 0.05) is 25.2 Å². The van der Waals surface area contributed by atoms with E-state index in [0.717, 1.165) is 18.4 Å². The largest absolute Gasteiger partial charge is 0.329 e. The van der Waals surface area contributed by atoms with E-state index in [9.17, 15) is 0 Å². The van der Waals surface area contributed by atoms with Crippen LogP contribution in [0.2, 0.25) is 0 Å². The van der Waals surface area contributed by atoms with Gasteiger partial charge in [-0.05, 0) is 42.6 Å². The molecule has 0 aliphatic carbocycles. The van der Waals surface area contributed by atoms with Gasteiger partial charge in [-0.3, -0.25) is 4.90 Å². The summed E-state index contributed by atoms with van der Waals surface area (Å²) in [4.78, 5) is 2.74. The van der Waals surface area contributed by atoms with Crippen LogP contribution in [0.4, 0.5) is 0 Å². The monoisotopic (exact) mass is 272 g/mol. The molecule has 1 heterocycles. The highest BCUT2D eigenvalue weighted by atomic mass is 32.2. The molecule has 108 valence electrons. The molecule has 1 aliphatic heterocycles. The molecule has 18 heavy (non-hydrogen) atoms. The zero-order valence-electron chi connectivity index (χ0n) is 12.7. The Hall–Kier alpha value is 0.270. The molecular weight excluding hydrogens is 240 g/mol. The first-order valence-corrected chi connectivity index (χ1v) is 8.82. The number of nitrogens with zero attached hydrogens (tertiary/aromatic N) is 1. The molecule has 1 saturated heterocycles. The van der Waals surface area contributed by atoms with Gasteiger partial charge in [0.2, 0.25) is 0 Å². The lowest BCUT2D eigenvalue weighted by atomic mass is 9.94. The van der Waals surface area contributed by atoms with Crippen molar-refractivity contribution in [3.63, 3.8) is 0 Å². The zero-order chi connectivity index (χ0) is 13.5. The van der Waals surface area contributed by atoms with Crippen LogP contribution >= 0.6 is 11.8 Å². The van der Waals surface area contributed by atoms with Crippen molar-refractivity contribution in [2.75, 3.05) is 24.6 Å². The third-order valence-electron chi connectivity index (χ3n) is 4.16. The molecule has 0 aromatic carbocycles. The van der Waals surface area contributed by atoms with Crippen molar-refractivity contribution in [3.05, 3.63) is 0 Å². The molecule has 0 bridgehead atoms. The van der Waals surface area contributed by atoms with Crippen LogP contribution in [0, 0.1) is 11.8 Å². The summed E-state index contributed by atoms with van der Waals surface area (Å²) < 4.78 is 0. The Morgan fingerprint density at radius 1 is 1.28 bits per heavy atom. The normalized spacial score (nSPS) is 22.3. The Balaban J connectivity index is 2.76. The Labute approximate surface area is 118 Å². The highest BCUT2D eigenvalue weighted by Crippen LogP contribution is 2.30. The van der Waals surface area contributed by atoms with Crippen molar-refractivity contribution < 1.29 is 0 Å². The van der Waals surface area contributed by atoms with E-state index in [1.807, 2.05) is 0 Å². The highest BCUT2D eigenvalue weighted by Gasteiger charge is 2.32. The highest BCUT2D eigenvalue weighted by molar-refractivity contribution is 7.99. The summed E-state index contributed by atoms with van der Waals surface area (Å²) in [7, 11) is 0. The number of hydrogen-bond acceptors (Lipinski definition) is 3. The molecule has 2 atom stereocenters. The second-order valence-corrected chi connectivity index (χ2v) is 7.14. The minimum Gasteiger partial charge on any atom is -0.329 e. The van der Waals surface area contributed by atoms with Crippen molar-refractivity contribution in [2.24, 2.45) is 17.6 Å². The standard InChI is InChI=1S/C15H32N2S/c1-5-14(6-2)17(10-12(3)4)15(9-16)13-7-8-18-11-13/h12-15H,5-11,16H2,1-4H3. The third kappa shape index (κ3) is 4.43. The van der Waals surface area contributed by atoms with Gasteiger partial charge in [0.25, 0.3) is 0 Å². The van der Waals surface area contributed by atoms with E-state index in [1.54, 1.807) is 0 Å². The van der Waals surface area contributed by atoms with Crippen LogP contribution in [0.5, 0.6) is 0 Å². The van der Waals surface area contributed by atoms with Crippen molar-refractivity contribution in [2.45, 2.75) is 59.0 Å². The Morgan fingerprint density at radius 2 is 1.94 bits per heavy atom. The number of rotatable bonds is 8. The minimum atomic E-state index is 0.604. The molecule has 0 aromatic rings. The summed E-state index contributed by atoms with van der Waals surface area (Å²) in [5, 5.41) is 0. The van der Waals surface area contributed by atoms with Gasteiger partial charge in [0.15, 0.2) is 0 Å². The number of thioether (sulfide) groups is 1. The fourth-order valence-corrected chi connectivity index (χ4v) is 4.52. The van der Waals surface area contributed by atoms with Gasteiger partial charge < -0.3 is 5.73 Å². The van der Waals surface area contributed by atoms with Crippen LogP contribution in [0.1, 0.15) is 47.0 Å². The molecule has 2 nitrogen and oxygen atoms in total. The fourth-order valence-electron chi connectivity index (χ4n) is 3.19.